The number of hydrogen-bond acceptors (Lipinski definition) is 24. The number of phenols is 2. The zero-order valence-electron chi connectivity index (χ0n) is 46.4. The summed E-state index contributed by atoms with van der Waals surface area (Å²) in [4.78, 5) is 41.3. The molecule has 8 rings (SSSR count). The Hall–Kier alpha value is -3.77. The van der Waals surface area contributed by atoms with Crippen LogP contribution in [0.5, 0.6) is 17.2 Å². The van der Waals surface area contributed by atoms with Gasteiger partial charge < -0.3 is 103 Å². The van der Waals surface area contributed by atoms with Gasteiger partial charge in [0.15, 0.2) is 42.8 Å². The number of Topliss-reactive ketones (excluding diaryl/α,β-unsaturated/α-hetero) is 2. The number of methoxy groups -OCH3 is 1. The molecule has 5 saturated heterocycles. The minimum Gasteiger partial charge on any atom is -0.507 e. The van der Waals surface area contributed by atoms with Crippen LogP contribution < -0.4 is 4.74 Å². The van der Waals surface area contributed by atoms with Crippen LogP contribution in [0.15, 0.2) is 12.1 Å². The SMILES string of the molecule is CO[C@H](C(=O)[C@@H](O)[C@@H](C)OC(C)=O)[C@@H]1Cc2cc3cc(O[C@H]4C[C@@H](O[C@H]5C[C@@H](C)[C@H](O)C(C)O5)[C@H](O)C(C)O4)c(C)c(O)c3c(O)c2C(=O)[C@H]1O[C@H]1C[C@@H](O[C@H]2C[C@@H](O[C@H]3C[C@](C)(O)[C@H](O)C(C)O3)[C@@H](O)C(C)O2)[C@H](O)C(C)O1. The van der Waals surface area contributed by atoms with Crippen LogP contribution >= 0.6 is 0 Å². The van der Waals surface area contributed by atoms with E-state index in [2.05, 4.69) is 0 Å². The van der Waals surface area contributed by atoms with Gasteiger partial charge in [-0.3, -0.25) is 14.4 Å². The van der Waals surface area contributed by atoms with Gasteiger partial charge in [-0.05, 0) is 90.8 Å². The third-order valence-electron chi connectivity index (χ3n) is 16.5. The highest BCUT2D eigenvalue weighted by molar-refractivity contribution is 6.11. The van der Waals surface area contributed by atoms with Gasteiger partial charge in [0, 0.05) is 57.6 Å². The first-order chi connectivity index (χ1) is 37.1. The van der Waals surface area contributed by atoms with E-state index in [0.29, 0.717) is 6.42 Å². The monoisotopic (exact) mass is 1120 g/mol. The number of ketones is 2. The van der Waals surface area contributed by atoms with Crippen molar-refractivity contribution in [3.63, 3.8) is 0 Å². The van der Waals surface area contributed by atoms with Crippen LogP contribution in [0, 0.1) is 18.8 Å². The quantitative estimate of drug-likeness (QED) is 0.108. The second-order valence-corrected chi connectivity index (χ2v) is 22.7. The van der Waals surface area contributed by atoms with Crippen molar-refractivity contribution in [1.82, 2.24) is 0 Å². The number of carbonyl (C=O) groups is 3. The molecule has 5 fully saturated rings. The summed E-state index contributed by atoms with van der Waals surface area (Å²) in [5.74, 6) is -4.93. The highest BCUT2D eigenvalue weighted by Crippen LogP contribution is 2.48. The van der Waals surface area contributed by atoms with E-state index in [0.717, 1.165) is 6.92 Å². The smallest absolute Gasteiger partial charge is 0.302 e. The molecule has 0 spiro atoms. The van der Waals surface area contributed by atoms with Crippen molar-refractivity contribution in [2.75, 3.05) is 7.11 Å². The van der Waals surface area contributed by atoms with E-state index in [1.807, 2.05) is 6.92 Å². The molecule has 24 heteroatoms. The number of benzene rings is 2. The second-order valence-electron chi connectivity index (χ2n) is 22.7. The molecule has 0 saturated carbocycles. The first-order valence-corrected chi connectivity index (χ1v) is 27.2. The summed E-state index contributed by atoms with van der Waals surface area (Å²) in [7, 11) is 1.19. The lowest BCUT2D eigenvalue weighted by Crippen LogP contribution is -2.58. The van der Waals surface area contributed by atoms with Crippen LogP contribution in [0.1, 0.15) is 116 Å². The molecule has 0 amide bonds. The summed E-state index contributed by atoms with van der Waals surface area (Å²) >= 11 is 0. The van der Waals surface area contributed by atoms with E-state index in [9.17, 15) is 55.5 Å². The highest BCUT2D eigenvalue weighted by Gasteiger charge is 2.52. The molecular weight excluding hydrogens is 1040 g/mol. The van der Waals surface area contributed by atoms with Crippen molar-refractivity contribution >= 4 is 28.3 Å². The van der Waals surface area contributed by atoms with E-state index >= 15 is 4.79 Å². The maximum Gasteiger partial charge on any atom is 0.302 e. The lowest BCUT2D eigenvalue weighted by Gasteiger charge is -2.46. The Labute approximate surface area is 457 Å². The largest absolute Gasteiger partial charge is 0.507 e. The Morgan fingerprint density at radius 3 is 1.72 bits per heavy atom. The lowest BCUT2D eigenvalue weighted by atomic mass is 9.75. The Balaban J connectivity index is 1.06. The van der Waals surface area contributed by atoms with Gasteiger partial charge in [-0.15, -0.1) is 0 Å². The van der Waals surface area contributed by atoms with Gasteiger partial charge in [0.2, 0.25) is 6.29 Å². The van der Waals surface area contributed by atoms with Crippen molar-refractivity contribution in [1.29, 1.82) is 0 Å². The van der Waals surface area contributed by atoms with E-state index in [-0.39, 0.29) is 71.2 Å². The van der Waals surface area contributed by atoms with E-state index in [4.69, 9.17) is 56.8 Å². The fraction of sp³-hybridized carbons (Fsp3) is 0.764. The van der Waals surface area contributed by atoms with Crippen LogP contribution in [0.4, 0.5) is 0 Å². The normalized spacial score (nSPS) is 41.2. The van der Waals surface area contributed by atoms with Crippen molar-refractivity contribution in [3.8, 4) is 17.2 Å². The molecule has 1 aliphatic carbocycles. The van der Waals surface area contributed by atoms with Crippen LogP contribution in [-0.4, -0.2) is 211 Å². The topological polar surface area (TPSA) is 344 Å². The van der Waals surface area contributed by atoms with E-state index < -0.39 is 176 Å². The summed E-state index contributed by atoms with van der Waals surface area (Å²) < 4.78 is 72.4. The van der Waals surface area contributed by atoms with Crippen molar-refractivity contribution in [2.24, 2.45) is 11.8 Å². The average Bonchev–Trinajstić information content (AvgIpc) is 3.57. The third kappa shape index (κ3) is 12.9. The van der Waals surface area contributed by atoms with E-state index in [1.165, 1.54) is 40.0 Å². The number of phenolic OH excluding ortho intramolecular Hbond substituents is 2. The summed E-state index contributed by atoms with van der Waals surface area (Å²) in [6.07, 6.45) is -24.1. The predicted octanol–water partition coefficient (Wildman–Crippen LogP) is 1.60. The molecule has 0 radical (unpaired) electrons. The third-order valence-corrected chi connectivity index (χ3v) is 16.5. The lowest BCUT2D eigenvalue weighted by molar-refractivity contribution is -0.334. The fourth-order valence-corrected chi connectivity index (χ4v) is 11.9. The molecule has 6 aliphatic rings. The Bertz CT molecular complexity index is 2480. The zero-order chi connectivity index (χ0) is 57.8. The van der Waals surface area contributed by atoms with Crippen LogP contribution in [-0.2, 0) is 68.1 Å². The minimum absolute atomic E-state index is 0.0349. The number of aliphatic hydroxyl groups is 7. The first-order valence-electron chi connectivity index (χ1n) is 27.2. The van der Waals surface area contributed by atoms with Crippen molar-refractivity contribution in [2.45, 2.75) is 249 Å². The molecule has 5 aliphatic heterocycles. The zero-order valence-corrected chi connectivity index (χ0v) is 46.4. The molecule has 2 aromatic rings. The molecule has 79 heavy (non-hydrogen) atoms. The molecule has 9 N–H and O–H groups in total. The van der Waals surface area contributed by atoms with Gasteiger partial charge in [-0.25, -0.2) is 0 Å². The van der Waals surface area contributed by atoms with Gasteiger partial charge >= 0.3 is 5.97 Å². The average molecular weight is 1130 g/mol. The first kappa shape index (κ1) is 61.3. The molecule has 2 aromatic carbocycles. The van der Waals surface area contributed by atoms with Crippen LogP contribution in [0.2, 0.25) is 0 Å². The fourth-order valence-electron chi connectivity index (χ4n) is 11.9. The minimum atomic E-state index is -1.93. The van der Waals surface area contributed by atoms with Crippen LogP contribution in [0.25, 0.3) is 10.8 Å². The number of fused-ring (bicyclic) bond motifs is 2. The summed E-state index contributed by atoms with van der Waals surface area (Å²) in [5.41, 5.74) is -1.45. The highest BCUT2D eigenvalue weighted by atomic mass is 16.7. The number of hydrogen-bond donors (Lipinski definition) is 9. The Morgan fingerprint density at radius 1 is 0.696 bits per heavy atom. The molecule has 25 atom stereocenters. The molecule has 0 bridgehead atoms. The Morgan fingerprint density at radius 2 is 1.19 bits per heavy atom. The maximum absolute atomic E-state index is 15.2. The number of aromatic hydroxyl groups is 2. The van der Waals surface area contributed by atoms with Gasteiger partial charge in [0.1, 0.15) is 60.0 Å². The standard InChI is InChI=1S/C55H80O24/c1-20-12-36(70-22(3)43(20)57)76-33-16-37(71-23(4)45(33)59)75-32-15-30-13-29-14-31(52(68-11)51(65)48(62)26(7)69-28(9)56)53(50(64)42(29)49(63)41(30)44(58)21(32)2)79-39-18-34(46(60)25(6)73-39)77-38-17-35(47(61)24(5)72-38)78-40-19-55(10,67)54(66)27(8)74-40/h13,15,20,22-27,31,33-40,43,45-48,52-54,57-63,66-67H,12,14,16-19H2,1-11H3/t20-,22?,23?,24?,25?,26-,27?,31+,33-,34-,35-,36+,37+,38+,39+,40+,43+,45-,46-,47+,48+,52+,53+,54-,55+/m1/s1. The molecule has 24 nitrogen and oxygen atoms in total. The predicted molar refractivity (Wildman–Crippen MR) is 271 cm³/mol. The second kappa shape index (κ2) is 24.6. The molecule has 0 aromatic heterocycles. The van der Waals surface area contributed by atoms with Gasteiger partial charge in [-0.2, -0.15) is 0 Å². The number of aliphatic hydroxyl groups excluding tert-OH is 6. The summed E-state index contributed by atoms with van der Waals surface area (Å²) in [6, 6.07) is 3.07. The van der Waals surface area contributed by atoms with Crippen molar-refractivity contribution < 1.29 is 117 Å². The Kier molecular flexibility index (Phi) is 19.1. The van der Waals surface area contributed by atoms with Crippen LogP contribution in [0.3, 0.4) is 0 Å². The maximum atomic E-state index is 15.2. The van der Waals surface area contributed by atoms with Gasteiger partial charge in [-0.1, -0.05) is 6.92 Å². The summed E-state index contributed by atoms with van der Waals surface area (Å²) in [5, 5.41) is 101. The molecule has 5 unspecified atom stereocenters. The van der Waals surface area contributed by atoms with Gasteiger partial charge in [0.25, 0.3) is 0 Å². The van der Waals surface area contributed by atoms with Gasteiger partial charge in [0.05, 0.1) is 71.5 Å². The number of esters is 1. The van der Waals surface area contributed by atoms with E-state index in [1.54, 1.807) is 34.6 Å². The molecule has 5 heterocycles. The summed E-state index contributed by atoms with van der Waals surface area (Å²) in [6.45, 7) is 15.4. The molecule has 444 valence electrons. The number of rotatable bonds is 16. The van der Waals surface area contributed by atoms with Crippen molar-refractivity contribution in [3.05, 3.63) is 28.8 Å². The number of ether oxygens (including phenoxy) is 12. The molecular formula is C55H80O24. The number of carbonyl (C=O) groups excluding carboxylic acids is 3.